The number of fused-ring (bicyclic) bond motifs is 1. The zero-order valence-corrected chi connectivity index (χ0v) is 14.1. The quantitative estimate of drug-likeness (QED) is 0.704. The highest BCUT2D eigenvalue weighted by Gasteiger charge is 2.32. The SMILES string of the molecule is CC(C)Nc1cc(C(F)(F)F)cc2nc(CC(=O)c3cccnc3)nn12. The molecule has 0 aliphatic carbocycles. The monoisotopic (exact) mass is 363 g/mol. The van der Waals surface area contributed by atoms with E-state index in [1.54, 1.807) is 32.2 Å². The predicted molar refractivity (Wildman–Crippen MR) is 89.0 cm³/mol. The molecular weight excluding hydrogens is 347 g/mol. The van der Waals surface area contributed by atoms with Crippen molar-refractivity contribution < 1.29 is 18.0 Å². The lowest BCUT2D eigenvalue weighted by Crippen LogP contribution is -2.15. The van der Waals surface area contributed by atoms with E-state index in [2.05, 4.69) is 20.4 Å². The van der Waals surface area contributed by atoms with Crippen LogP contribution in [0.25, 0.3) is 5.65 Å². The van der Waals surface area contributed by atoms with E-state index in [-0.39, 0.29) is 35.5 Å². The average Bonchev–Trinajstić information content (AvgIpc) is 2.97. The van der Waals surface area contributed by atoms with Crippen molar-refractivity contribution >= 4 is 17.2 Å². The van der Waals surface area contributed by atoms with Crippen LogP contribution in [0.1, 0.15) is 35.6 Å². The first-order valence-corrected chi connectivity index (χ1v) is 7.90. The summed E-state index contributed by atoms with van der Waals surface area (Å²) in [5.74, 6) is 0.0470. The number of carbonyl (C=O) groups excluding carboxylic acids is 1. The molecular formula is C17H16F3N5O. The number of carbonyl (C=O) groups is 1. The molecule has 0 spiro atoms. The van der Waals surface area contributed by atoms with Crippen LogP contribution in [0.4, 0.5) is 19.0 Å². The molecule has 3 aromatic heterocycles. The molecule has 3 rings (SSSR count). The summed E-state index contributed by atoms with van der Waals surface area (Å²) in [5.41, 5.74) is -0.412. The Bertz CT molecular complexity index is 935. The van der Waals surface area contributed by atoms with Gasteiger partial charge in [-0.2, -0.15) is 17.7 Å². The van der Waals surface area contributed by atoms with E-state index in [9.17, 15) is 18.0 Å². The van der Waals surface area contributed by atoms with Gasteiger partial charge in [0.15, 0.2) is 17.3 Å². The maximum Gasteiger partial charge on any atom is 0.416 e. The number of nitrogens with zero attached hydrogens (tertiary/aromatic N) is 4. The maximum absolute atomic E-state index is 13.1. The third kappa shape index (κ3) is 3.81. The molecule has 0 aliphatic heterocycles. The highest BCUT2D eigenvalue weighted by molar-refractivity contribution is 5.96. The Labute approximate surface area is 147 Å². The van der Waals surface area contributed by atoms with Gasteiger partial charge in [0, 0.05) is 24.0 Å². The number of alkyl halides is 3. The van der Waals surface area contributed by atoms with E-state index in [1.165, 1.54) is 10.7 Å². The standard InChI is InChI=1S/C17H16F3N5O/c1-10(2)22-15-6-12(17(18,19)20)7-16-23-14(24-25(15)16)8-13(26)11-4-3-5-21-9-11/h3-7,9-10,22H,8H2,1-2H3. The fourth-order valence-electron chi connectivity index (χ4n) is 2.44. The Hall–Kier alpha value is -2.97. The third-order valence-corrected chi connectivity index (χ3v) is 3.55. The highest BCUT2D eigenvalue weighted by atomic mass is 19.4. The summed E-state index contributed by atoms with van der Waals surface area (Å²) in [6.45, 7) is 3.60. The van der Waals surface area contributed by atoms with Gasteiger partial charge in [0.25, 0.3) is 0 Å². The molecule has 0 atom stereocenters. The van der Waals surface area contributed by atoms with Crippen LogP contribution in [-0.4, -0.2) is 31.4 Å². The van der Waals surface area contributed by atoms with Crippen molar-refractivity contribution in [2.75, 3.05) is 5.32 Å². The molecule has 9 heteroatoms. The number of ketones is 1. The highest BCUT2D eigenvalue weighted by Crippen LogP contribution is 2.32. The summed E-state index contributed by atoms with van der Waals surface area (Å²) in [5, 5.41) is 7.11. The van der Waals surface area contributed by atoms with E-state index >= 15 is 0 Å². The van der Waals surface area contributed by atoms with Gasteiger partial charge < -0.3 is 5.32 Å². The fourth-order valence-corrected chi connectivity index (χ4v) is 2.44. The number of nitrogens with one attached hydrogen (secondary N) is 1. The normalized spacial score (nSPS) is 11.9. The minimum Gasteiger partial charge on any atom is -0.368 e. The number of hydrogen-bond acceptors (Lipinski definition) is 5. The molecule has 1 N–H and O–H groups in total. The molecule has 26 heavy (non-hydrogen) atoms. The van der Waals surface area contributed by atoms with Crippen LogP contribution in [0.3, 0.4) is 0 Å². The molecule has 6 nitrogen and oxygen atoms in total. The summed E-state index contributed by atoms with van der Waals surface area (Å²) >= 11 is 0. The number of Topliss-reactive ketones (excluding diaryl/α,β-unsaturated/α-hetero) is 1. The first-order chi connectivity index (χ1) is 12.2. The van der Waals surface area contributed by atoms with E-state index in [4.69, 9.17) is 0 Å². The van der Waals surface area contributed by atoms with Crippen molar-refractivity contribution in [2.24, 2.45) is 0 Å². The molecule has 0 saturated heterocycles. The molecule has 0 amide bonds. The van der Waals surface area contributed by atoms with Gasteiger partial charge in [-0.25, -0.2) is 4.98 Å². The molecule has 0 bridgehead atoms. The van der Waals surface area contributed by atoms with Crippen molar-refractivity contribution in [3.05, 3.63) is 53.6 Å². The number of rotatable bonds is 5. The van der Waals surface area contributed by atoms with Gasteiger partial charge in [0.1, 0.15) is 5.82 Å². The second-order valence-corrected chi connectivity index (χ2v) is 6.07. The van der Waals surface area contributed by atoms with Crippen molar-refractivity contribution in [2.45, 2.75) is 32.5 Å². The van der Waals surface area contributed by atoms with Crippen LogP contribution in [0.5, 0.6) is 0 Å². The Morgan fingerprint density at radius 3 is 2.69 bits per heavy atom. The molecule has 3 aromatic rings. The number of hydrogen-bond donors (Lipinski definition) is 1. The van der Waals surface area contributed by atoms with Crippen LogP contribution in [0, 0.1) is 0 Å². The summed E-state index contributed by atoms with van der Waals surface area (Å²) in [4.78, 5) is 20.2. The van der Waals surface area contributed by atoms with Crippen LogP contribution >= 0.6 is 0 Å². The third-order valence-electron chi connectivity index (χ3n) is 3.55. The molecule has 136 valence electrons. The lowest BCUT2D eigenvalue weighted by molar-refractivity contribution is -0.137. The van der Waals surface area contributed by atoms with E-state index < -0.39 is 11.7 Å². The molecule has 3 heterocycles. The van der Waals surface area contributed by atoms with Gasteiger partial charge in [0.2, 0.25) is 0 Å². The summed E-state index contributed by atoms with van der Waals surface area (Å²) < 4.78 is 40.7. The Balaban J connectivity index is 2.00. The predicted octanol–water partition coefficient (Wildman–Crippen LogP) is 3.39. The van der Waals surface area contributed by atoms with Gasteiger partial charge in [-0.05, 0) is 38.1 Å². The summed E-state index contributed by atoms with van der Waals surface area (Å²) in [7, 11) is 0. The van der Waals surface area contributed by atoms with Crippen LogP contribution in [-0.2, 0) is 12.6 Å². The number of aromatic nitrogens is 4. The molecule has 0 saturated carbocycles. The van der Waals surface area contributed by atoms with E-state index in [0.29, 0.717) is 5.56 Å². The van der Waals surface area contributed by atoms with Gasteiger partial charge in [-0.15, -0.1) is 5.10 Å². The van der Waals surface area contributed by atoms with Crippen LogP contribution in [0.2, 0.25) is 0 Å². The lowest BCUT2D eigenvalue weighted by atomic mass is 10.1. The zero-order valence-electron chi connectivity index (χ0n) is 14.1. The Morgan fingerprint density at radius 2 is 2.08 bits per heavy atom. The van der Waals surface area contributed by atoms with E-state index in [1.807, 2.05) is 0 Å². The number of anilines is 1. The minimum absolute atomic E-state index is 0.0250. The first-order valence-electron chi connectivity index (χ1n) is 7.90. The smallest absolute Gasteiger partial charge is 0.368 e. The van der Waals surface area contributed by atoms with Gasteiger partial charge in [-0.3, -0.25) is 9.78 Å². The zero-order chi connectivity index (χ0) is 18.9. The van der Waals surface area contributed by atoms with Gasteiger partial charge >= 0.3 is 6.18 Å². The Morgan fingerprint density at radius 1 is 1.31 bits per heavy atom. The van der Waals surface area contributed by atoms with Crippen LogP contribution < -0.4 is 5.32 Å². The summed E-state index contributed by atoms with van der Waals surface area (Å²) in [6, 6.07) is 5.03. The second kappa shape index (κ2) is 6.74. The van der Waals surface area contributed by atoms with Gasteiger partial charge in [-0.1, -0.05) is 0 Å². The maximum atomic E-state index is 13.1. The largest absolute Gasteiger partial charge is 0.416 e. The topological polar surface area (TPSA) is 72.2 Å². The molecule has 0 unspecified atom stereocenters. The molecule has 0 radical (unpaired) electrons. The molecule has 0 fully saturated rings. The van der Waals surface area contributed by atoms with Crippen molar-refractivity contribution in [3.63, 3.8) is 0 Å². The first kappa shape index (κ1) is 17.8. The second-order valence-electron chi connectivity index (χ2n) is 6.07. The lowest BCUT2D eigenvalue weighted by Gasteiger charge is -2.14. The molecule has 0 aliphatic rings. The van der Waals surface area contributed by atoms with Crippen molar-refractivity contribution in [1.82, 2.24) is 19.6 Å². The minimum atomic E-state index is -4.51. The fraction of sp³-hybridized carbons (Fsp3) is 0.294. The molecule has 0 aromatic carbocycles. The number of halogens is 3. The van der Waals surface area contributed by atoms with Gasteiger partial charge in [0.05, 0.1) is 12.0 Å². The number of pyridine rings is 2. The van der Waals surface area contributed by atoms with Crippen molar-refractivity contribution in [1.29, 1.82) is 0 Å². The average molecular weight is 363 g/mol. The Kier molecular flexibility index (Phi) is 4.62. The summed E-state index contributed by atoms with van der Waals surface area (Å²) in [6.07, 6.45) is -1.67. The van der Waals surface area contributed by atoms with Crippen LogP contribution in [0.15, 0.2) is 36.7 Å². The van der Waals surface area contributed by atoms with E-state index in [0.717, 1.165) is 12.1 Å². The van der Waals surface area contributed by atoms with Crippen molar-refractivity contribution in [3.8, 4) is 0 Å².